The van der Waals surface area contributed by atoms with Crippen molar-refractivity contribution in [2.24, 2.45) is 0 Å². The van der Waals surface area contributed by atoms with Gasteiger partial charge in [0.2, 0.25) is 0 Å². The summed E-state index contributed by atoms with van der Waals surface area (Å²) in [5.41, 5.74) is 1.83. The van der Waals surface area contributed by atoms with E-state index in [0.29, 0.717) is 10.4 Å². The Morgan fingerprint density at radius 1 is 1.17 bits per heavy atom. The van der Waals surface area contributed by atoms with E-state index in [4.69, 9.17) is 4.74 Å². The second-order valence-electron chi connectivity index (χ2n) is 3.59. The summed E-state index contributed by atoms with van der Waals surface area (Å²) in [6.07, 6.45) is 3.30. The highest BCUT2D eigenvalue weighted by Crippen LogP contribution is 2.25. The molecule has 94 valence electrons. The summed E-state index contributed by atoms with van der Waals surface area (Å²) in [6.45, 7) is 4.07. The predicted molar refractivity (Wildman–Crippen MR) is 70.6 cm³/mol. The number of ether oxygens (including phenoxy) is 1. The maximum absolute atomic E-state index is 5.56. The number of aryl methyl sites for hydroxylation is 2. The fraction of sp³-hybridized carbons (Fsp3) is 0.333. The number of pyridine rings is 1. The summed E-state index contributed by atoms with van der Waals surface area (Å²) < 4.78 is 6.17. The van der Waals surface area contributed by atoms with Crippen molar-refractivity contribution in [1.82, 2.24) is 20.2 Å². The maximum atomic E-state index is 5.56. The number of aromatic nitrogens is 4. The maximum Gasteiger partial charge on any atom is 0.341 e. The number of nitrogens with zero attached hydrogens (tertiary/aromatic N) is 4. The number of hydrogen-bond donors (Lipinski definition) is 0. The van der Waals surface area contributed by atoms with Gasteiger partial charge in [-0.3, -0.25) is 0 Å². The zero-order chi connectivity index (χ0) is 13.0. The zero-order valence-electron chi connectivity index (χ0n) is 10.2. The van der Waals surface area contributed by atoms with Crippen molar-refractivity contribution in [1.29, 1.82) is 0 Å². The SMILES string of the molecule is CCc1nnc(Oc2cccnc2Br)nc1CC. The van der Waals surface area contributed by atoms with E-state index in [1.807, 2.05) is 13.8 Å². The van der Waals surface area contributed by atoms with Crippen molar-refractivity contribution in [3.05, 3.63) is 34.3 Å². The molecule has 0 aliphatic carbocycles. The van der Waals surface area contributed by atoms with Gasteiger partial charge in [-0.1, -0.05) is 18.9 Å². The van der Waals surface area contributed by atoms with Crippen LogP contribution in [0.25, 0.3) is 0 Å². The van der Waals surface area contributed by atoms with Crippen LogP contribution in [-0.4, -0.2) is 20.2 Å². The van der Waals surface area contributed by atoms with Crippen molar-refractivity contribution in [2.45, 2.75) is 26.7 Å². The minimum Gasteiger partial charge on any atom is -0.420 e. The summed E-state index contributed by atoms with van der Waals surface area (Å²) in [4.78, 5) is 8.42. The zero-order valence-corrected chi connectivity index (χ0v) is 11.8. The summed E-state index contributed by atoms with van der Waals surface area (Å²) in [5.74, 6) is 0.575. The van der Waals surface area contributed by atoms with Crippen molar-refractivity contribution in [2.75, 3.05) is 0 Å². The van der Waals surface area contributed by atoms with E-state index >= 15 is 0 Å². The van der Waals surface area contributed by atoms with Crippen LogP contribution < -0.4 is 4.74 Å². The lowest BCUT2D eigenvalue weighted by Crippen LogP contribution is -2.04. The Morgan fingerprint density at radius 3 is 2.61 bits per heavy atom. The normalized spacial score (nSPS) is 10.4. The summed E-state index contributed by atoms with van der Waals surface area (Å²) >= 11 is 3.31. The Bertz CT molecular complexity index is 547. The lowest BCUT2D eigenvalue weighted by Gasteiger charge is -2.07. The highest BCUT2D eigenvalue weighted by Gasteiger charge is 2.09. The molecule has 0 aliphatic rings. The molecule has 2 aromatic rings. The van der Waals surface area contributed by atoms with Crippen LogP contribution in [0.3, 0.4) is 0 Å². The standard InChI is InChI=1S/C12H13BrN4O/c1-3-8-9(4-2)16-17-12(15-8)18-10-6-5-7-14-11(10)13/h5-7H,3-4H2,1-2H3. The molecule has 2 aromatic heterocycles. The molecular formula is C12H13BrN4O. The lowest BCUT2D eigenvalue weighted by atomic mass is 10.2. The molecule has 0 amide bonds. The molecule has 0 bridgehead atoms. The Balaban J connectivity index is 2.27. The third-order valence-corrected chi connectivity index (χ3v) is 3.01. The quantitative estimate of drug-likeness (QED) is 0.813. The number of halogens is 1. The van der Waals surface area contributed by atoms with E-state index in [2.05, 4.69) is 36.1 Å². The van der Waals surface area contributed by atoms with Crippen LogP contribution in [0, 0.1) is 0 Å². The largest absolute Gasteiger partial charge is 0.420 e. The van der Waals surface area contributed by atoms with Crippen molar-refractivity contribution < 1.29 is 4.74 Å². The van der Waals surface area contributed by atoms with Gasteiger partial charge in [-0.25, -0.2) is 4.98 Å². The third kappa shape index (κ3) is 2.81. The van der Waals surface area contributed by atoms with E-state index in [0.717, 1.165) is 24.2 Å². The first-order valence-corrected chi connectivity index (χ1v) is 6.54. The van der Waals surface area contributed by atoms with Gasteiger partial charge in [-0.2, -0.15) is 4.98 Å². The van der Waals surface area contributed by atoms with Crippen LogP contribution in [-0.2, 0) is 12.8 Å². The van der Waals surface area contributed by atoms with Gasteiger partial charge in [0.1, 0.15) is 4.60 Å². The molecule has 0 saturated carbocycles. The van der Waals surface area contributed by atoms with Gasteiger partial charge in [0.25, 0.3) is 0 Å². The molecule has 0 unspecified atom stereocenters. The summed E-state index contributed by atoms with van der Waals surface area (Å²) in [5, 5.41) is 8.08. The van der Waals surface area contributed by atoms with Crippen molar-refractivity contribution in [3.8, 4) is 11.8 Å². The molecule has 0 atom stereocenters. The van der Waals surface area contributed by atoms with Crippen LogP contribution in [0.15, 0.2) is 22.9 Å². The predicted octanol–water partition coefficient (Wildman–Crippen LogP) is 2.95. The molecule has 2 rings (SSSR count). The molecule has 0 spiro atoms. The second-order valence-corrected chi connectivity index (χ2v) is 4.34. The molecule has 5 nitrogen and oxygen atoms in total. The smallest absolute Gasteiger partial charge is 0.341 e. The van der Waals surface area contributed by atoms with Crippen LogP contribution in [0.4, 0.5) is 0 Å². The molecule has 0 aromatic carbocycles. The van der Waals surface area contributed by atoms with Crippen molar-refractivity contribution in [3.63, 3.8) is 0 Å². The summed E-state index contributed by atoms with van der Waals surface area (Å²) in [7, 11) is 0. The van der Waals surface area contributed by atoms with E-state index in [-0.39, 0.29) is 6.01 Å². The molecule has 6 heteroatoms. The molecular weight excluding hydrogens is 296 g/mol. The molecule has 0 aliphatic heterocycles. The van der Waals surface area contributed by atoms with E-state index in [1.165, 1.54) is 0 Å². The van der Waals surface area contributed by atoms with Gasteiger partial charge in [0, 0.05) is 6.20 Å². The van der Waals surface area contributed by atoms with Gasteiger partial charge >= 0.3 is 6.01 Å². The average Bonchev–Trinajstić information content (AvgIpc) is 2.41. The lowest BCUT2D eigenvalue weighted by molar-refractivity contribution is 0.424. The highest BCUT2D eigenvalue weighted by atomic mass is 79.9. The Labute approximate surface area is 114 Å². The summed E-state index contributed by atoms with van der Waals surface area (Å²) in [6, 6.07) is 3.83. The average molecular weight is 309 g/mol. The number of hydrogen-bond acceptors (Lipinski definition) is 5. The first-order chi connectivity index (χ1) is 8.74. The molecule has 2 heterocycles. The number of rotatable bonds is 4. The Hall–Kier alpha value is -1.56. The fourth-order valence-corrected chi connectivity index (χ4v) is 1.84. The molecule has 0 fully saturated rings. The molecule has 18 heavy (non-hydrogen) atoms. The highest BCUT2D eigenvalue weighted by molar-refractivity contribution is 9.10. The van der Waals surface area contributed by atoms with E-state index in [9.17, 15) is 0 Å². The van der Waals surface area contributed by atoms with Crippen LogP contribution in [0.5, 0.6) is 11.8 Å². The Morgan fingerprint density at radius 2 is 1.94 bits per heavy atom. The van der Waals surface area contributed by atoms with Crippen molar-refractivity contribution >= 4 is 15.9 Å². The van der Waals surface area contributed by atoms with Crippen LogP contribution >= 0.6 is 15.9 Å². The van der Waals surface area contributed by atoms with Gasteiger partial charge in [0.15, 0.2) is 5.75 Å². The first kappa shape index (κ1) is 12.9. The fourth-order valence-electron chi connectivity index (χ4n) is 1.51. The van der Waals surface area contributed by atoms with E-state index in [1.54, 1.807) is 18.3 Å². The van der Waals surface area contributed by atoms with Gasteiger partial charge in [0.05, 0.1) is 11.4 Å². The molecule has 0 radical (unpaired) electrons. The van der Waals surface area contributed by atoms with Gasteiger partial charge in [-0.15, -0.1) is 5.10 Å². The minimum atomic E-state index is 0.248. The van der Waals surface area contributed by atoms with Crippen LogP contribution in [0.1, 0.15) is 25.2 Å². The second kappa shape index (κ2) is 5.86. The topological polar surface area (TPSA) is 60.8 Å². The monoisotopic (exact) mass is 308 g/mol. The van der Waals surface area contributed by atoms with E-state index < -0.39 is 0 Å². The van der Waals surface area contributed by atoms with Gasteiger partial charge in [-0.05, 0) is 40.9 Å². The minimum absolute atomic E-state index is 0.248. The van der Waals surface area contributed by atoms with Gasteiger partial charge < -0.3 is 4.74 Å². The molecule has 0 saturated heterocycles. The van der Waals surface area contributed by atoms with Crippen LogP contribution in [0.2, 0.25) is 0 Å². The third-order valence-electron chi connectivity index (χ3n) is 2.42. The molecule has 0 N–H and O–H groups in total. The Kier molecular flexibility index (Phi) is 4.19. The first-order valence-electron chi connectivity index (χ1n) is 5.75.